The number of aromatic hydroxyl groups is 2. The molecule has 0 bridgehead atoms. The van der Waals surface area contributed by atoms with Crippen LogP contribution in [0.5, 0.6) is 11.5 Å². The summed E-state index contributed by atoms with van der Waals surface area (Å²) >= 11 is 0. The fourth-order valence-electron chi connectivity index (χ4n) is 3.06. The molecule has 4 heteroatoms. The standard InChI is InChI=1S/C16H25NO3/c1-12(14-9-13(19)5-6-15(14)20)17-10-16(11-18)7-3-2-4-8-16/h5-6,9,12,17-20H,2-4,7-8,10-11H2,1H3. The topological polar surface area (TPSA) is 72.7 Å². The summed E-state index contributed by atoms with van der Waals surface area (Å²) in [6.45, 7) is 2.90. The van der Waals surface area contributed by atoms with Gasteiger partial charge in [0.1, 0.15) is 11.5 Å². The first kappa shape index (κ1) is 15.1. The third-order valence-corrected chi connectivity index (χ3v) is 4.51. The van der Waals surface area contributed by atoms with Gasteiger partial charge in [0.2, 0.25) is 0 Å². The average Bonchev–Trinajstić information content (AvgIpc) is 2.48. The van der Waals surface area contributed by atoms with Crippen LogP contribution in [0.4, 0.5) is 0 Å². The highest BCUT2D eigenvalue weighted by atomic mass is 16.3. The van der Waals surface area contributed by atoms with E-state index >= 15 is 0 Å². The number of aliphatic hydroxyl groups excluding tert-OH is 1. The van der Waals surface area contributed by atoms with Crippen molar-refractivity contribution in [1.82, 2.24) is 5.32 Å². The Kier molecular flexibility index (Phi) is 4.89. The Bertz CT molecular complexity index is 441. The van der Waals surface area contributed by atoms with Gasteiger partial charge in [-0.3, -0.25) is 0 Å². The number of rotatable bonds is 5. The van der Waals surface area contributed by atoms with Gasteiger partial charge in [-0.15, -0.1) is 0 Å². The lowest BCUT2D eigenvalue weighted by molar-refractivity contribution is 0.0788. The van der Waals surface area contributed by atoms with Crippen molar-refractivity contribution in [3.05, 3.63) is 23.8 Å². The lowest BCUT2D eigenvalue weighted by atomic mass is 9.74. The number of nitrogens with one attached hydrogen (secondary N) is 1. The third-order valence-electron chi connectivity index (χ3n) is 4.51. The minimum atomic E-state index is -0.0625. The molecule has 0 heterocycles. The van der Waals surface area contributed by atoms with E-state index in [1.807, 2.05) is 6.92 Å². The Morgan fingerprint density at radius 3 is 2.55 bits per heavy atom. The zero-order chi connectivity index (χ0) is 14.6. The van der Waals surface area contributed by atoms with E-state index in [0.717, 1.165) is 19.4 Å². The fourth-order valence-corrected chi connectivity index (χ4v) is 3.06. The van der Waals surface area contributed by atoms with Crippen LogP contribution >= 0.6 is 0 Å². The van der Waals surface area contributed by atoms with Crippen LogP contribution in [-0.4, -0.2) is 28.5 Å². The first-order valence-electron chi connectivity index (χ1n) is 7.42. The molecule has 1 saturated carbocycles. The lowest BCUT2D eigenvalue weighted by Gasteiger charge is -2.36. The van der Waals surface area contributed by atoms with Gasteiger partial charge in [-0.25, -0.2) is 0 Å². The van der Waals surface area contributed by atoms with Crippen molar-refractivity contribution < 1.29 is 15.3 Å². The van der Waals surface area contributed by atoms with Gasteiger partial charge in [-0.2, -0.15) is 0 Å². The second-order valence-electron chi connectivity index (χ2n) is 6.06. The zero-order valence-electron chi connectivity index (χ0n) is 12.1. The second-order valence-corrected chi connectivity index (χ2v) is 6.06. The summed E-state index contributed by atoms with van der Waals surface area (Å²) in [7, 11) is 0. The third kappa shape index (κ3) is 3.44. The number of phenols is 2. The molecular weight excluding hydrogens is 254 g/mol. The van der Waals surface area contributed by atoms with Crippen LogP contribution in [0, 0.1) is 5.41 Å². The van der Waals surface area contributed by atoms with E-state index in [-0.39, 0.29) is 29.6 Å². The van der Waals surface area contributed by atoms with Gasteiger partial charge < -0.3 is 20.6 Å². The Balaban J connectivity index is 2.00. The summed E-state index contributed by atoms with van der Waals surface area (Å²) in [4.78, 5) is 0. The normalized spacial score (nSPS) is 19.7. The highest BCUT2D eigenvalue weighted by molar-refractivity contribution is 5.40. The molecule has 1 atom stereocenters. The van der Waals surface area contributed by atoms with E-state index < -0.39 is 0 Å². The summed E-state index contributed by atoms with van der Waals surface area (Å²) in [5.74, 6) is 0.338. The average molecular weight is 279 g/mol. The van der Waals surface area contributed by atoms with Gasteiger partial charge >= 0.3 is 0 Å². The molecule has 112 valence electrons. The maximum absolute atomic E-state index is 9.86. The van der Waals surface area contributed by atoms with E-state index in [2.05, 4.69) is 5.32 Å². The van der Waals surface area contributed by atoms with Gasteiger partial charge in [0.05, 0.1) is 0 Å². The molecular formula is C16H25NO3. The number of aliphatic hydroxyl groups is 1. The Labute approximate surface area is 120 Å². The number of hydrogen-bond donors (Lipinski definition) is 4. The monoisotopic (exact) mass is 279 g/mol. The van der Waals surface area contributed by atoms with Crippen molar-refractivity contribution in [2.45, 2.75) is 45.1 Å². The Morgan fingerprint density at radius 1 is 1.20 bits per heavy atom. The van der Waals surface area contributed by atoms with E-state index in [1.54, 1.807) is 6.07 Å². The first-order valence-corrected chi connectivity index (χ1v) is 7.42. The molecule has 2 rings (SSSR count). The van der Waals surface area contributed by atoms with E-state index in [4.69, 9.17) is 0 Å². The minimum Gasteiger partial charge on any atom is -0.508 e. The molecule has 0 aliphatic heterocycles. The van der Waals surface area contributed by atoms with Crippen molar-refractivity contribution in [2.24, 2.45) is 5.41 Å². The van der Waals surface area contributed by atoms with Gasteiger partial charge in [0.25, 0.3) is 0 Å². The van der Waals surface area contributed by atoms with Crippen LogP contribution < -0.4 is 5.32 Å². The Hall–Kier alpha value is -1.26. The molecule has 1 fully saturated rings. The summed E-state index contributed by atoms with van der Waals surface area (Å²) in [6.07, 6.45) is 5.71. The van der Waals surface area contributed by atoms with Crippen molar-refractivity contribution in [2.75, 3.05) is 13.2 Å². The van der Waals surface area contributed by atoms with E-state index in [1.165, 1.54) is 31.4 Å². The summed E-state index contributed by atoms with van der Waals surface area (Å²) in [6, 6.07) is 4.50. The van der Waals surface area contributed by atoms with Crippen LogP contribution in [0.3, 0.4) is 0 Å². The molecule has 0 aromatic heterocycles. The van der Waals surface area contributed by atoms with Crippen LogP contribution in [0.25, 0.3) is 0 Å². The van der Waals surface area contributed by atoms with Crippen LogP contribution in [0.2, 0.25) is 0 Å². The van der Waals surface area contributed by atoms with Crippen molar-refractivity contribution in [1.29, 1.82) is 0 Å². The molecule has 0 saturated heterocycles. The SMILES string of the molecule is CC(NCC1(CO)CCCCC1)c1cc(O)ccc1O. The quantitative estimate of drug-likeness (QED) is 0.625. The summed E-state index contributed by atoms with van der Waals surface area (Å²) < 4.78 is 0. The zero-order valence-corrected chi connectivity index (χ0v) is 12.1. The largest absolute Gasteiger partial charge is 0.508 e. The van der Waals surface area contributed by atoms with E-state index in [0.29, 0.717) is 5.56 Å². The molecule has 0 amide bonds. The molecule has 1 unspecified atom stereocenters. The number of benzene rings is 1. The molecule has 4 nitrogen and oxygen atoms in total. The van der Waals surface area contributed by atoms with E-state index in [9.17, 15) is 15.3 Å². The summed E-state index contributed by atoms with van der Waals surface area (Å²) in [5.41, 5.74) is 0.660. The van der Waals surface area contributed by atoms with Gasteiger partial charge in [0.15, 0.2) is 0 Å². The molecule has 1 aliphatic rings. The van der Waals surface area contributed by atoms with Crippen LogP contribution in [-0.2, 0) is 0 Å². The summed E-state index contributed by atoms with van der Waals surface area (Å²) in [5, 5.41) is 32.5. The van der Waals surface area contributed by atoms with Crippen LogP contribution in [0.1, 0.15) is 50.6 Å². The van der Waals surface area contributed by atoms with Crippen molar-refractivity contribution >= 4 is 0 Å². The van der Waals surface area contributed by atoms with Crippen molar-refractivity contribution in [3.8, 4) is 11.5 Å². The molecule has 0 radical (unpaired) electrons. The van der Waals surface area contributed by atoms with Crippen LogP contribution in [0.15, 0.2) is 18.2 Å². The number of hydrogen-bond acceptors (Lipinski definition) is 4. The predicted octanol–water partition coefficient (Wildman–Crippen LogP) is 2.69. The molecule has 0 spiro atoms. The van der Waals surface area contributed by atoms with Gasteiger partial charge in [-0.1, -0.05) is 19.3 Å². The molecule has 1 aromatic rings. The molecule has 20 heavy (non-hydrogen) atoms. The van der Waals surface area contributed by atoms with Crippen molar-refractivity contribution in [3.63, 3.8) is 0 Å². The van der Waals surface area contributed by atoms with Gasteiger partial charge in [-0.05, 0) is 38.0 Å². The second kappa shape index (κ2) is 6.46. The predicted molar refractivity (Wildman–Crippen MR) is 78.8 cm³/mol. The van der Waals surface area contributed by atoms with Gasteiger partial charge in [0, 0.05) is 30.2 Å². The maximum atomic E-state index is 9.86. The molecule has 1 aromatic carbocycles. The fraction of sp³-hybridized carbons (Fsp3) is 0.625. The number of phenolic OH excluding ortho intramolecular Hbond substituents is 2. The maximum Gasteiger partial charge on any atom is 0.120 e. The first-order chi connectivity index (χ1) is 9.56. The highest BCUT2D eigenvalue weighted by Crippen LogP contribution is 2.36. The minimum absolute atomic E-state index is 0.0288. The Morgan fingerprint density at radius 2 is 1.90 bits per heavy atom. The molecule has 1 aliphatic carbocycles. The smallest absolute Gasteiger partial charge is 0.120 e. The lowest BCUT2D eigenvalue weighted by Crippen LogP contribution is -2.40. The molecule has 4 N–H and O–H groups in total. The highest BCUT2D eigenvalue weighted by Gasteiger charge is 2.31.